The van der Waals surface area contributed by atoms with E-state index in [1.54, 1.807) is 0 Å². The molecule has 1 heterocycles. The van der Waals surface area contributed by atoms with Crippen LogP contribution in [0.15, 0.2) is 24.3 Å². The van der Waals surface area contributed by atoms with Gasteiger partial charge in [0.05, 0.1) is 12.2 Å². The molecule has 1 aromatic rings. The molecule has 0 aliphatic carbocycles. The van der Waals surface area contributed by atoms with Crippen LogP contribution in [0.25, 0.3) is 0 Å². The molecule has 1 aliphatic rings. The van der Waals surface area contributed by atoms with Gasteiger partial charge in [-0.05, 0) is 51.4 Å². The third-order valence-electron chi connectivity index (χ3n) is 3.69. The van der Waals surface area contributed by atoms with Crippen LogP contribution in [0.5, 0.6) is 5.75 Å². The molecular formula is C16H25NO2. The van der Waals surface area contributed by atoms with Crippen molar-refractivity contribution >= 4 is 0 Å². The fraction of sp³-hybridized carbons (Fsp3) is 0.625. The molecule has 3 nitrogen and oxygen atoms in total. The highest BCUT2D eigenvalue weighted by atomic mass is 16.5. The lowest BCUT2D eigenvalue weighted by Gasteiger charge is -2.34. The highest BCUT2D eigenvalue weighted by molar-refractivity contribution is 5.27. The molecule has 19 heavy (non-hydrogen) atoms. The summed E-state index contributed by atoms with van der Waals surface area (Å²) in [6.07, 6.45) is 1.87. The van der Waals surface area contributed by atoms with Crippen molar-refractivity contribution in [1.29, 1.82) is 0 Å². The molecular weight excluding hydrogens is 238 g/mol. The lowest BCUT2D eigenvalue weighted by molar-refractivity contribution is 0.0366. The lowest BCUT2D eigenvalue weighted by Crippen LogP contribution is -2.41. The number of ether oxygens (including phenoxy) is 1. The standard InChI is InChI=1S/C16H25NO2/c1-12(2)19-15-6-4-13(5-7-15)10-14-11-17(3)9-8-16(14)18/h4-7,12,14,16,18H,8-11H2,1-3H3. The average molecular weight is 263 g/mol. The van der Waals surface area contributed by atoms with Gasteiger partial charge in [-0.3, -0.25) is 0 Å². The first kappa shape index (κ1) is 14.4. The first-order valence-corrected chi connectivity index (χ1v) is 7.17. The van der Waals surface area contributed by atoms with Gasteiger partial charge in [-0.15, -0.1) is 0 Å². The van der Waals surface area contributed by atoms with Gasteiger partial charge < -0.3 is 14.7 Å². The molecule has 0 aromatic heterocycles. The normalized spacial score (nSPS) is 24.7. The van der Waals surface area contributed by atoms with Crippen LogP contribution in [0.3, 0.4) is 0 Å². The summed E-state index contributed by atoms with van der Waals surface area (Å²) in [5, 5.41) is 10.1. The molecule has 0 bridgehead atoms. The Balaban J connectivity index is 1.95. The second kappa shape index (κ2) is 6.40. The van der Waals surface area contributed by atoms with Gasteiger partial charge in [-0.25, -0.2) is 0 Å². The molecule has 1 N–H and O–H groups in total. The van der Waals surface area contributed by atoms with Crippen LogP contribution in [-0.2, 0) is 6.42 Å². The number of hydrogen-bond acceptors (Lipinski definition) is 3. The van der Waals surface area contributed by atoms with Crippen molar-refractivity contribution in [3.05, 3.63) is 29.8 Å². The molecule has 2 unspecified atom stereocenters. The van der Waals surface area contributed by atoms with Crippen molar-refractivity contribution in [1.82, 2.24) is 4.90 Å². The number of likely N-dealkylation sites (tertiary alicyclic amines) is 1. The van der Waals surface area contributed by atoms with E-state index in [-0.39, 0.29) is 12.2 Å². The maximum absolute atomic E-state index is 10.1. The highest BCUT2D eigenvalue weighted by Crippen LogP contribution is 2.22. The fourth-order valence-corrected chi connectivity index (χ4v) is 2.68. The number of piperidine rings is 1. The van der Waals surface area contributed by atoms with Crippen LogP contribution < -0.4 is 4.74 Å². The Kier molecular flexibility index (Phi) is 4.83. The van der Waals surface area contributed by atoms with Crippen LogP contribution in [-0.4, -0.2) is 42.4 Å². The summed E-state index contributed by atoms with van der Waals surface area (Å²) in [5.74, 6) is 1.26. The van der Waals surface area contributed by atoms with Gasteiger partial charge in [-0.1, -0.05) is 12.1 Å². The molecule has 1 fully saturated rings. The topological polar surface area (TPSA) is 32.7 Å². The van der Waals surface area contributed by atoms with Crippen LogP contribution in [0.1, 0.15) is 25.8 Å². The van der Waals surface area contributed by atoms with E-state index < -0.39 is 0 Å². The van der Waals surface area contributed by atoms with Gasteiger partial charge >= 0.3 is 0 Å². The van der Waals surface area contributed by atoms with E-state index >= 15 is 0 Å². The summed E-state index contributed by atoms with van der Waals surface area (Å²) in [7, 11) is 2.12. The quantitative estimate of drug-likeness (QED) is 0.905. The van der Waals surface area contributed by atoms with Gasteiger partial charge in [0.25, 0.3) is 0 Å². The summed E-state index contributed by atoms with van der Waals surface area (Å²) in [6.45, 7) is 6.04. The number of rotatable bonds is 4. The van der Waals surface area contributed by atoms with Crippen molar-refractivity contribution in [2.75, 3.05) is 20.1 Å². The molecule has 106 valence electrons. The Morgan fingerprint density at radius 3 is 2.63 bits per heavy atom. The van der Waals surface area contributed by atoms with Crippen LogP contribution >= 0.6 is 0 Å². The average Bonchev–Trinajstić information content (AvgIpc) is 2.35. The number of nitrogens with zero attached hydrogens (tertiary/aromatic N) is 1. The van der Waals surface area contributed by atoms with Crippen LogP contribution in [0, 0.1) is 5.92 Å². The minimum Gasteiger partial charge on any atom is -0.491 e. The number of aliphatic hydroxyl groups is 1. The van der Waals surface area contributed by atoms with E-state index in [0.29, 0.717) is 5.92 Å². The van der Waals surface area contributed by atoms with Gasteiger partial charge in [0.1, 0.15) is 5.75 Å². The smallest absolute Gasteiger partial charge is 0.119 e. The zero-order valence-corrected chi connectivity index (χ0v) is 12.2. The summed E-state index contributed by atoms with van der Waals surface area (Å²) in [4.78, 5) is 2.30. The second-order valence-corrected chi connectivity index (χ2v) is 5.89. The maximum Gasteiger partial charge on any atom is 0.119 e. The monoisotopic (exact) mass is 263 g/mol. The first-order valence-electron chi connectivity index (χ1n) is 7.17. The molecule has 1 saturated heterocycles. The first-order chi connectivity index (χ1) is 9.04. The molecule has 0 saturated carbocycles. The molecule has 2 atom stereocenters. The lowest BCUT2D eigenvalue weighted by atomic mass is 9.89. The number of hydrogen-bond donors (Lipinski definition) is 1. The van der Waals surface area contributed by atoms with Crippen LogP contribution in [0.2, 0.25) is 0 Å². The Morgan fingerprint density at radius 1 is 1.32 bits per heavy atom. The molecule has 0 amide bonds. The predicted molar refractivity (Wildman–Crippen MR) is 77.5 cm³/mol. The highest BCUT2D eigenvalue weighted by Gasteiger charge is 2.25. The third kappa shape index (κ3) is 4.22. The zero-order chi connectivity index (χ0) is 13.8. The van der Waals surface area contributed by atoms with Gasteiger partial charge in [0, 0.05) is 19.0 Å². The second-order valence-electron chi connectivity index (χ2n) is 5.89. The van der Waals surface area contributed by atoms with Crippen molar-refractivity contribution < 1.29 is 9.84 Å². The largest absolute Gasteiger partial charge is 0.491 e. The summed E-state index contributed by atoms with van der Waals surface area (Å²) >= 11 is 0. The minimum absolute atomic E-state index is 0.164. The van der Waals surface area contributed by atoms with Gasteiger partial charge in [0.2, 0.25) is 0 Å². The fourth-order valence-electron chi connectivity index (χ4n) is 2.68. The third-order valence-corrected chi connectivity index (χ3v) is 3.69. The Labute approximate surface area is 116 Å². The van der Waals surface area contributed by atoms with Crippen molar-refractivity contribution in [3.8, 4) is 5.75 Å². The van der Waals surface area contributed by atoms with Gasteiger partial charge in [0.15, 0.2) is 0 Å². The Bertz CT molecular complexity index is 388. The van der Waals surface area contributed by atoms with E-state index in [1.807, 2.05) is 26.0 Å². The van der Waals surface area contributed by atoms with Crippen molar-refractivity contribution in [3.63, 3.8) is 0 Å². The summed E-state index contributed by atoms with van der Waals surface area (Å²) < 4.78 is 5.64. The molecule has 2 rings (SSSR count). The SMILES string of the molecule is CC(C)Oc1ccc(CC2CN(C)CCC2O)cc1. The predicted octanol–water partition coefficient (Wildman–Crippen LogP) is 2.33. The molecule has 1 aliphatic heterocycles. The Morgan fingerprint density at radius 2 is 2.00 bits per heavy atom. The number of benzene rings is 1. The van der Waals surface area contributed by atoms with Gasteiger partial charge in [-0.2, -0.15) is 0 Å². The Hall–Kier alpha value is -1.06. The van der Waals surface area contributed by atoms with E-state index in [2.05, 4.69) is 24.1 Å². The molecule has 0 radical (unpaired) electrons. The molecule has 1 aromatic carbocycles. The van der Waals surface area contributed by atoms with E-state index in [4.69, 9.17) is 4.74 Å². The maximum atomic E-state index is 10.1. The van der Waals surface area contributed by atoms with Crippen molar-refractivity contribution in [2.45, 2.75) is 38.9 Å². The minimum atomic E-state index is -0.164. The van der Waals surface area contributed by atoms with E-state index in [0.717, 1.165) is 31.7 Å². The summed E-state index contributed by atoms with van der Waals surface area (Å²) in [6, 6.07) is 8.26. The van der Waals surface area contributed by atoms with E-state index in [9.17, 15) is 5.11 Å². The van der Waals surface area contributed by atoms with Crippen molar-refractivity contribution in [2.24, 2.45) is 5.92 Å². The number of aliphatic hydroxyl groups excluding tert-OH is 1. The summed E-state index contributed by atoms with van der Waals surface area (Å²) in [5.41, 5.74) is 1.27. The molecule has 0 spiro atoms. The zero-order valence-electron chi connectivity index (χ0n) is 12.2. The van der Waals surface area contributed by atoms with E-state index in [1.165, 1.54) is 5.56 Å². The van der Waals surface area contributed by atoms with Crippen LogP contribution in [0.4, 0.5) is 0 Å². The molecule has 3 heteroatoms.